The fourth-order valence-corrected chi connectivity index (χ4v) is 4.20. The number of rotatable bonds is 6. The molecule has 1 aliphatic rings. The van der Waals surface area contributed by atoms with E-state index in [1.807, 2.05) is 60.7 Å². The molecular formula is C22H23N5O2S. The van der Waals surface area contributed by atoms with Crippen molar-refractivity contribution in [2.24, 2.45) is 5.92 Å². The Kier molecular flexibility index (Phi) is 6.46. The number of amides is 2. The van der Waals surface area contributed by atoms with E-state index in [2.05, 4.69) is 25.7 Å². The number of anilines is 2. The smallest absolute Gasteiger partial charge is 0.286 e. The Morgan fingerprint density at radius 2 is 1.50 bits per heavy atom. The van der Waals surface area contributed by atoms with Gasteiger partial charge in [0.15, 0.2) is 0 Å². The van der Waals surface area contributed by atoms with Gasteiger partial charge < -0.3 is 10.6 Å². The first-order chi connectivity index (χ1) is 14.7. The van der Waals surface area contributed by atoms with Crippen molar-refractivity contribution in [1.82, 2.24) is 15.1 Å². The highest BCUT2D eigenvalue weighted by molar-refractivity contribution is 7.13. The zero-order chi connectivity index (χ0) is 20.8. The van der Waals surface area contributed by atoms with E-state index in [9.17, 15) is 9.59 Å². The highest BCUT2D eigenvalue weighted by Crippen LogP contribution is 2.22. The summed E-state index contributed by atoms with van der Waals surface area (Å²) in [5, 5.41) is 15.2. The second-order valence-electron chi connectivity index (χ2n) is 7.23. The molecule has 0 radical (unpaired) electrons. The second-order valence-corrected chi connectivity index (χ2v) is 8.29. The first-order valence-electron chi connectivity index (χ1n) is 9.94. The summed E-state index contributed by atoms with van der Waals surface area (Å²) < 4.78 is 0. The molecule has 1 aliphatic heterocycles. The fraction of sp³-hybridized carbons (Fsp3) is 0.273. The van der Waals surface area contributed by atoms with E-state index >= 15 is 0 Å². The maximum absolute atomic E-state index is 12.5. The van der Waals surface area contributed by atoms with Gasteiger partial charge in [-0.05, 0) is 50.2 Å². The van der Waals surface area contributed by atoms with Crippen LogP contribution in [0.4, 0.5) is 11.4 Å². The molecule has 3 aromatic rings. The number of benzene rings is 2. The summed E-state index contributed by atoms with van der Waals surface area (Å²) in [6.45, 7) is 2.28. The van der Waals surface area contributed by atoms with Crippen molar-refractivity contribution in [3.63, 3.8) is 0 Å². The Labute approximate surface area is 179 Å². The van der Waals surface area contributed by atoms with Gasteiger partial charge in [-0.15, -0.1) is 10.2 Å². The van der Waals surface area contributed by atoms with Crippen LogP contribution in [0.25, 0.3) is 0 Å². The number of nitrogens with one attached hydrogen (secondary N) is 2. The van der Waals surface area contributed by atoms with Crippen LogP contribution < -0.4 is 10.6 Å². The average Bonchev–Trinajstić information content (AvgIpc) is 3.24. The van der Waals surface area contributed by atoms with E-state index in [0.717, 1.165) is 42.3 Å². The number of nitrogens with zero attached hydrogens (tertiary/aromatic N) is 3. The van der Waals surface area contributed by atoms with Gasteiger partial charge in [0.1, 0.15) is 5.01 Å². The summed E-state index contributed by atoms with van der Waals surface area (Å²) in [6.07, 6.45) is 1.61. The maximum Gasteiger partial charge on any atom is 0.286 e. The summed E-state index contributed by atoms with van der Waals surface area (Å²) in [4.78, 5) is 27.0. The number of hydrogen-bond acceptors (Lipinski definition) is 6. The molecule has 2 heterocycles. The predicted molar refractivity (Wildman–Crippen MR) is 117 cm³/mol. The lowest BCUT2D eigenvalue weighted by Gasteiger charge is -2.30. The summed E-state index contributed by atoms with van der Waals surface area (Å²) >= 11 is 1.31. The molecular weight excluding hydrogens is 398 g/mol. The SMILES string of the molecule is O=C(Nc1ccccc1)c1nnc(CN2CCC(C(=O)Nc3ccccc3)CC2)s1. The number of likely N-dealkylation sites (tertiary alicyclic amines) is 1. The van der Waals surface area contributed by atoms with Gasteiger partial charge in [-0.3, -0.25) is 14.5 Å². The van der Waals surface area contributed by atoms with Crippen LogP contribution in [0.1, 0.15) is 27.7 Å². The lowest BCUT2D eigenvalue weighted by atomic mass is 9.96. The van der Waals surface area contributed by atoms with Gasteiger partial charge in [0.05, 0.1) is 6.54 Å². The summed E-state index contributed by atoms with van der Waals surface area (Å²) in [5.41, 5.74) is 1.56. The van der Waals surface area contributed by atoms with E-state index in [1.54, 1.807) is 0 Å². The predicted octanol–water partition coefficient (Wildman–Crippen LogP) is 3.64. The molecule has 0 bridgehead atoms. The number of aromatic nitrogens is 2. The van der Waals surface area contributed by atoms with Crippen molar-refractivity contribution in [2.45, 2.75) is 19.4 Å². The molecule has 1 saturated heterocycles. The number of piperidine rings is 1. The van der Waals surface area contributed by atoms with Gasteiger partial charge >= 0.3 is 0 Å². The lowest BCUT2D eigenvalue weighted by Crippen LogP contribution is -2.37. The van der Waals surface area contributed by atoms with E-state index in [1.165, 1.54) is 11.3 Å². The standard InChI is InChI=1S/C22H23N5O2S/c28-20(23-17-7-3-1-4-8-17)16-11-13-27(14-12-16)15-19-25-26-22(30-19)21(29)24-18-9-5-2-6-10-18/h1-10,16H,11-15H2,(H,23,28)(H,24,29). The maximum atomic E-state index is 12.5. The van der Waals surface area contributed by atoms with E-state index in [4.69, 9.17) is 0 Å². The highest BCUT2D eigenvalue weighted by Gasteiger charge is 2.26. The van der Waals surface area contributed by atoms with Gasteiger partial charge in [-0.2, -0.15) is 0 Å². The van der Waals surface area contributed by atoms with Crippen LogP contribution >= 0.6 is 11.3 Å². The van der Waals surface area contributed by atoms with Crippen LogP contribution in [0.2, 0.25) is 0 Å². The van der Waals surface area contributed by atoms with Crippen molar-refractivity contribution < 1.29 is 9.59 Å². The highest BCUT2D eigenvalue weighted by atomic mass is 32.1. The molecule has 0 spiro atoms. The lowest BCUT2D eigenvalue weighted by molar-refractivity contribution is -0.121. The molecule has 0 aliphatic carbocycles. The molecule has 0 unspecified atom stereocenters. The van der Waals surface area contributed by atoms with Gasteiger partial charge in [0.2, 0.25) is 10.9 Å². The summed E-state index contributed by atoms with van der Waals surface area (Å²) in [6, 6.07) is 18.8. The minimum atomic E-state index is -0.249. The second kappa shape index (κ2) is 9.60. The quantitative estimate of drug-likeness (QED) is 0.635. The average molecular weight is 422 g/mol. The molecule has 30 heavy (non-hydrogen) atoms. The monoisotopic (exact) mass is 421 g/mol. The van der Waals surface area contributed by atoms with Crippen LogP contribution in [0.15, 0.2) is 60.7 Å². The zero-order valence-corrected chi connectivity index (χ0v) is 17.3. The Morgan fingerprint density at radius 1 is 0.900 bits per heavy atom. The number of carbonyl (C=O) groups excluding carboxylic acids is 2. The molecule has 1 aromatic heterocycles. The Hall–Kier alpha value is -3.10. The minimum Gasteiger partial charge on any atom is -0.326 e. The van der Waals surface area contributed by atoms with E-state index in [-0.39, 0.29) is 17.7 Å². The third-order valence-corrected chi connectivity index (χ3v) is 5.96. The van der Waals surface area contributed by atoms with Crippen molar-refractivity contribution in [3.8, 4) is 0 Å². The molecule has 154 valence electrons. The van der Waals surface area contributed by atoms with Crippen molar-refractivity contribution in [3.05, 3.63) is 70.7 Å². The fourth-order valence-electron chi connectivity index (χ4n) is 3.43. The summed E-state index contributed by atoms with van der Waals surface area (Å²) in [5.74, 6) is -0.152. The summed E-state index contributed by atoms with van der Waals surface area (Å²) in [7, 11) is 0. The molecule has 7 nitrogen and oxygen atoms in total. The molecule has 2 aromatic carbocycles. The number of carbonyl (C=O) groups is 2. The van der Waals surface area contributed by atoms with Crippen molar-refractivity contribution in [2.75, 3.05) is 23.7 Å². The Balaban J connectivity index is 1.25. The molecule has 2 N–H and O–H groups in total. The van der Waals surface area contributed by atoms with Crippen molar-refractivity contribution >= 4 is 34.5 Å². The topological polar surface area (TPSA) is 87.2 Å². The largest absolute Gasteiger partial charge is 0.326 e. The van der Waals surface area contributed by atoms with Crippen molar-refractivity contribution in [1.29, 1.82) is 0 Å². The molecule has 2 amide bonds. The van der Waals surface area contributed by atoms with Gasteiger partial charge in [0.25, 0.3) is 5.91 Å². The molecule has 0 atom stereocenters. The molecule has 1 fully saturated rings. The van der Waals surface area contributed by atoms with Crippen LogP contribution in [0, 0.1) is 5.92 Å². The normalized spacial score (nSPS) is 14.9. The third kappa shape index (κ3) is 5.28. The van der Waals surface area contributed by atoms with Crippen LogP contribution in [0.3, 0.4) is 0 Å². The van der Waals surface area contributed by atoms with E-state index < -0.39 is 0 Å². The van der Waals surface area contributed by atoms with Crippen LogP contribution in [-0.2, 0) is 11.3 Å². The Morgan fingerprint density at radius 3 is 2.13 bits per heavy atom. The molecule has 0 saturated carbocycles. The van der Waals surface area contributed by atoms with Crippen LogP contribution in [-0.4, -0.2) is 40.0 Å². The first-order valence-corrected chi connectivity index (χ1v) is 10.8. The molecule has 4 rings (SSSR count). The van der Waals surface area contributed by atoms with Gasteiger partial charge in [0, 0.05) is 17.3 Å². The molecule has 8 heteroatoms. The number of hydrogen-bond donors (Lipinski definition) is 2. The minimum absolute atomic E-state index is 0.0167. The zero-order valence-electron chi connectivity index (χ0n) is 16.5. The third-order valence-electron chi connectivity index (χ3n) is 5.05. The van der Waals surface area contributed by atoms with E-state index in [0.29, 0.717) is 11.6 Å². The van der Waals surface area contributed by atoms with Crippen LogP contribution in [0.5, 0.6) is 0 Å². The van der Waals surface area contributed by atoms with Gasteiger partial charge in [-0.1, -0.05) is 47.7 Å². The number of para-hydroxylation sites is 2. The first kappa shape index (κ1) is 20.2. The Bertz CT molecular complexity index is 985. The van der Waals surface area contributed by atoms with Gasteiger partial charge in [-0.25, -0.2) is 0 Å².